The Kier molecular flexibility index (Phi) is 6.21. The van der Waals surface area contributed by atoms with Crippen LogP contribution in [0.15, 0.2) is 34.5 Å². The smallest absolute Gasteiger partial charge is 0.240 e. The molecule has 0 radical (unpaired) electrons. The highest BCUT2D eigenvalue weighted by molar-refractivity contribution is 7.89. The van der Waals surface area contributed by atoms with Gasteiger partial charge in [-0.15, -0.1) is 11.3 Å². The quantitative estimate of drug-likeness (QED) is 0.776. The standard InChI is InChI=1S/C16H20ClN3O3S2/c1-16(2,3)13-10-24-15(19-13)20-14(21)8-9-18-25(22,23)12-6-4-11(17)5-7-12/h4-7,10,18H,8-9H2,1-3H3,(H,19,20,21). The monoisotopic (exact) mass is 401 g/mol. The van der Waals surface area contributed by atoms with E-state index >= 15 is 0 Å². The average molecular weight is 402 g/mol. The average Bonchev–Trinajstić information content (AvgIpc) is 2.96. The predicted octanol–water partition coefficient (Wildman–Crippen LogP) is 3.40. The second-order valence-electron chi connectivity index (χ2n) is 6.44. The van der Waals surface area contributed by atoms with Gasteiger partial charge in [0.15, 0.2) is 5.13 Å². The molecule has 25 heavy (non-hydrogen) atoms. The number of carbonyl (C=O) groups excluding carboxylic acids is 1. The first-order valence-corrected chi connectivity index (χ1v) is 10.3. The fraction of sp³-hybridized carbons (Fsp3) is 0.375. The molecule has 1 aromatic heterocycles. The number of anilines is 1. The third-order valence-corrected chi connectivity index (χ3v) is 5.77. The summed E-state index contributed by atoms with van der Waals surface area (Å²) in [6, 6.07) is 5.82. The van der Waals surface area contributed by atoms with Crippen molar-refractivity contribution < 1.29 is 13.2 Å². The third-order valence-electron chi connectivity index (χ3n) is 3.29. The molecule has 2 N–H and O–H groups in total. The van der Waals surface area contributed by atoms with Gasteiger partial charge in [0.1, 0.15) is 0 Å². The molecule has 1 heterocycles. The van der Waals surface area contributed by atoms with Crippen molar-refractivity contribution in [2.45, 2.75) is 37.5 Å². The highest BCUT2D eigenvalue weighted by atomic mass is 35.5. The molecule has 0 spiro atoms. The largest absolute Gasteiger partial charge is 0.302 e. The summed E-state index contributed by atoms with van der Waals surface area (Å²) in [4.78, 5) is 16.4. The van der Waals surface area contributed by atoms with Crippen LogP contribution >= 0.6 is 22.9 Å². The first kappa shape index (κ1) is 19.8. The second-order valence-corrected chi connectivity index (χ2v) is 9.50. The minimum atomic E-state index is -3.66. The number of hydrogen-bond donors (Lipinski definition) is 2. The van der Waals surface area contributed by atoms with Crippen molar-refractivity contribution >= 4 is 44.0 Å². The molecule has 1 aromatic carbocycles. The summed E-state index contributed by atoms with van der Waals surface area (Å²) in [5, 5.41) is 5.55. The minimum Gasteiger partial charge on any atom is -0.302 e. The Balaban J connectivity index is 1.86. The highest BCUT2D eigenvalue weighted by Crippen LogP contribution is 2.26. The van der Waals surface area contributed by atoms with E-state index in [0.717, 1.165) is 5.69 Å². The van der Waals surface area contributed by atoms with Crippen LogP contribution in [0, 0.1) is 0 Å². The van der Waals surface area contributed by atoms with Gasteiger partial charge in [-0.3, -0.25) is 4.79 Å². The molecule has 0 unspecified atom stereocenters. The molecule has 0 saturated carbocycles. The maximum absolute atomic E-state index is 12.1. The van der Waals surface area contributed by atoms with Gasteiger partial charge in [-0.1, -0.05) is 32.4 Å². The summed E-state index contributed by atoms with van der Waals surface area (Å²) in [6.07, 6.45) is 0.0112. The topological polar surface area (TPSA) is 88.2 Å². The Morgan fingerprint density at radius 2 is 1.88 bits per heavy atom. The highest BCUT2D eigenvalue weighted by Gasteiger charge is 2.18. The molecule has 2 aromatic rings. The lowest BCUT2D eigenvalue weighted by atomic mass is 9.93. The van der Waals surface area contributed by atoms with Crippen LogP contribution in [0.5, 0.6) is 0 Å². The van der Waals surface area contributed by atoms with Gasteiger partial charge in [0.2, 0.25) is 15.9 Å². The number of carbonyl (C=O) groups is 1. The van der Waals surface area contributed by atoms with Gasteiger partial charge in [0.05, 0.1) is 10.6 Å². The number of benzene rings is 1. The molecular formula is C16H20ClN3O3S2. The summed E-state index contributed by atoms with van der Waals surface area (Å²) in [5.74, 6) is -0.298. The Morgan fingerprint density at radius 3 is 2.44 bits per heavy atom. The molecular weight excluding hydrogens is 382 g/mol. The molecule has 0 atom stereocenters. The number of sulfonamides is 1. The molecule has 1 amide bonds. The zero-order valence-corrected chi connectivity index (χ0v) is 16.6. The molecule has 0 bridgehead atoms. The first-order chi connectivity index (χ1) is 11.6. The summed E-state index contributed by atoms with van der Waals surface area (Å²) in [5.41, 5.74) is 0.810. The normalized spacial score (nSPS) is 12.2. The Hall–Kier alpha value is -1.48. The Morgan fingerprint density at radius 1 is 1.24 bits per heavy atom. The SMILES string of the molecule is CC(C)(C)c1csc(NC(=O)CCNS(=O)(=O)c2ccc(Cl)cc2)n1. The van der Waals surface area contributed by atoms with Crippen molar-refractivity contribution in [3.05, 3.63) is 40.4 Å². The van der Waals surface area contributed by atoms with Gasteiger partial charge < -0.3 is 5.32 Å². The number of halogens is 1. The number of rotatable bonds is 6. The Labute approximate surface area is 156 Å². The van der Waals surface area contributed by atoms with Crippen molar-refractivity contribution in [2.24, 2.45) is 0 Å². The van der Waals surface area contributed by atoms with Crippen LogP contribution in [0.1, 0.15) is 32.9 Å². The first-order valence-electron chi connectivity index (χ1n) is 7.59. The van der Waals surface area contributed by atoms with E-state index in [1.54, 1.807) is 0 Å². The summed E-state index contributed by atoms with van der Waals surface area (Å²) >= 11 is 7.09. The number of thiazole rings is 1. The molecule has 6 nitrogen and oxygen atoms in total. The molecule has 0 aliphatic rings. The molecule has 0 fully saturated rings. The van der Waals surface area contributed by atoms with Crippen LogP contribution in [0.25, 0.3) is 0 Å². The maximum Gasteiger partial charge on any atom is 0.240 e. The molecule has 9 heteroatoms. The van der Waals surface area contributed by atoms with E-state index in [9.17, 15) is 13.2 Å². The van der Waals surface area contributed by atoms with Crippen LogP contribution in [-0.4, -0.2) is 25.9 Å². The second kappa shape index (κ2) is 7.82. The van der Waals surface area contributed by atoms with Crippen molar-refractivity contribution in [2.75, 3.05) is 11.9 Å². The summed E-state index contributed by atoms with van der Waals surface area (Å²) in [6.45, 7) is 6.12. The van der Waals surface area contributed by atoms with Gasteiger partial charge >= 0.3 is 0 Å². The van der Waals surface area contributed by atoms with Crippen LogP contribution in [0.4, 0.5) is 5.13 Å². The summed E-state index contributed by atoms with van der Waals surface area (Å²) in [7, 11) is -3.66. The zero-order valence-electron chi connectivity index (χ0n) is 14.2. The van der Waals surface area contributed by atoms with Crippen LogP contribution < -0.4 is 10.0 Å². The van der Waals surface area contributed by atoms with E-state index in [1.807, 2.05) is 26.2 Å². The van der Waals surface area contributed by atoms with Gasteiger partial charge in [-0.25, -0.2) is 18.1 Å². The van der Waals surface area contributed by atoms with E-state index in [2.05, 4.69) is 15.0 Å². The van der Waals surface area contributed by atoms with E-state index < -0.39 is 10.0 Å². The number of nitrogens with one attached hydrogen (secondary N) is 2. The van der Waals surface area contributed by atoms with Crippen molar-refractivity contribution in [3.8, 4) is 0 Å². The maximum atomic E-state index is 12.1. The van der Waals surface area contributed by atoms with Crippen LogP contribution in [0.2, 0.25) is 5.02 Å². The van der Waals surface area contributed by atoms with Crippen LogP contribution in [0.3, 0.4) is 0 Å². The fourth-order valence-electron chi connectivity index (χ4n) is 1.85. The lowest BCUT2D eigenvalue weighted by Gasteiger charge is -2.14. The molecule has 2 rings (SSSR count). The lowest BCUT2D eigenvalue weighted by Crippen LogP contribution is -2.27. The van der Waals surface area contributed by atoms with E-state index in [0.29, 0.717) is 10.2 Å². The third kappa shape index (κ3) is 5.78. The number of aromatic nitrogens is 1. The van der Waals surface area contributed by atoms with Gasteiger partial charge in [-0.05, 0) is 24.3 Å². The van der Waals surface area contributed by atoms with Gasteiger partial charge in [-0.2, -0.15) is 0 Å². The molecule has 0 aliphatic heterocycles. The van der Waals surface area contributed by atoms with E-state index in [4.69, 9.17) is 11.6 Å². The number of amides is 1. The van der Waals surface area contributed by atoms with Crippen molar-refractivity contribution in [1.29, 1.82) is 0 Å². The van der Waals surface area contributed by atoms with Gasteiger partial charge in [0.25, 0.3) is 0 Å². The van der Waals surface area contributed by atoms with Crippen molar-refractivity contribution in [3.63, 3.8) is 0 Å². The molecule has 136 valence electrons. The number of hydrogen-bond acceptors (Lipinski definition) is 5. The van der Waals surface area contributed by atoms with Crippen molar-refractivity contribution in [1.82, 2.24) is 9.71 Å². The van der Waals surface area contributed by atoms with Crippen LogP contribution in [-0.2, 0) is 20.2 Å². The van der Waals surface area contributed by atoms with Gasteiger partial charge in [0, 0.05) is 28.8 Å². The fourth-order valence-corrected chi connectivity index (χ4v) is 3.96. The summed E-state index contributed by atoms with van der Waals surface area (Å²) < 4.78 is 26.6. The number of nitrogens with zero attached hydrogens (tertiary/aromatic N) is 1. The predicted molar refractivity (Wildman–Crippen MR) is 101 cm³/mol. The van der Waals surface area contributed by atoms with E-state index in [1.165, 1.54) is 35.6 Å². The molecule has 0 aliphatic carbocycles. The zero-order chi connectivity index (χ0) is 18.7. The lowest BCUT2D eigenvalue weighted by molar-refractivity contribution is -0.116. The Bertz CT molecular complexity index is 840. The van der Waals surface area contributed by atoms with E-state index in [-0.39, 0.29) is 29.2 Å². The minimum absolute atomic E-state index is 0.00566. The molecule has 0 saturated heterocycles.